The number of carbonyl (C=O) groups excluding carboxylic acids is 2. The second-order valence-electron chi connectivity index (χ2n) is 15.9. The first-order valence-corrected chi connectivity index (χ1v) is 24.7. The first-order chi connectivity index (χ1) is 29.9. The molecule has 0 aromatic rings. The molecule has 13 nitrogen and oxygen atoms in total. The van der Waals surface area contributed by atoms with Gasteiger partial charge in [0.2, 0.25) is 0 Å². The van der Waals surface area contributed by atoms with Gasteiger partial charge >= 0.3 is 19.8 Å². The van der Waals surface area contributed by atoms with Crippen LogP contribution in [0.5, 0.6) is 0 Å². The Kier molecular flexibility index (Phi) is 34.8. The summed E-state index contributed by atoms with van der Waals surface area (Å²) in [5.41, 5.74) is 0. The lowest BCUT2D eigenvalue weighted by atomic mass is 9.85. The Morgan fingerprint density at radius 2 is 0.919 bits per heavy atom. The Hall–Kier alpha value is -2.71. The predicted molar refractivity (Wildman–Crippen MR) is 244 cm³/mol. The van der Waals surface area contributed by atoms with Gasteiger partial charge in [0.15, 0.2) is 6.10 Å². The number of rotatable bonds is 37. The van der Waals surface area contributed by atoms with Gasteiger partial charge in [-0.25, -0.2) is 4.57 Å². The Balaban J connectivity index is 2.50. The largest absolute Gasteiger partial charge is 0.472 e. The van der Waals surface area contributed by atoms with Crippen LogP contribution in [-0.4, -0.2) is 98.3 Å². The van der Waals surface area contributed by atoms with E-state index in [1.165, 1.54) is 32.1 Å². The van der Waals surface area contributed by atoms with Crippen molar-refractivity contribution in [2.75, 3.05) is 13.2 Å². The Morgan fingerprint density at radius 1 is 0.516 bits per heavy atom. The van der Waals surface area contributed by atoms with Gasteiger partial charge in [-0.1, -0.05) is 138 Å². The standard InChI is InChI=1S/C48H81O13P/c1-3-5-7-9-11-13-15-17-19-20-21-22-23-25-27-29-31-33-35-37-42(50)60-40(39-59-62(56,57)61-48-46(54)44(52)43(51)45(53)47(48)55)38-58-41(49)36-34-32-30-28-26-24-18-16-14-12-10-8-6-4-2/h5,7,11,13,16-19,21-22,25,27,40,43-48,51-55H,3-4,6,8-10,12,14-15,20,23-24,26,28-39H2,1-2H3,(H,56,57)/b7-5+,13-11+,18-16+,19-17+,22-21+,27-25+/t40-,43?,44+,45?,46?,47?,48?/m1/s1. The van der Waals surface area contributed by atoms with Crippen molar-refractivity contribution in [3.63, 3.8) is 0 Å². The zero-order valence-corrected chi connectivity index (χ0v) is 38.5. The van der Waals surface area contributed by atoms with Crippen molar-refractivity contribution in [3.05, 3.63) is 72.9 Å². The average molecular weight is 897 g/mol. The maximum Gasteiger partial charge on any atom is 0.472 e. The van der Waals surface area contributed by atoms with Gasteiger partial charge in [0, 0.05) is 12.8 Å². The Morgan fingerprint density at radius 3 is 1.44 bits per heavy atom. The molecule has 0 aliphatic heterocycles. The van der Waals surface area contributed by atoms with Crippen LogP contribution in [0.4, 0.5) is 0 Å². The highest BCUT2D eigenvalue weighted by Crippen LogP contribution is 2.47. The van der Waals surface area contributed by atoms with Crippen LogP contribution < -0.4 is 0 Å². The molecule has 1 fully saturated rings. The van der Waals surface area contributed by atoms with Gasteiger partial charge in [-0.2, -0.15) is 0 Å². The highest BCUT2D eigenvalue weighted by Gasteiger charge is 2.51. The summed E-state index contributed by atoms with van der Waals surface area (Å²) in [5, 5.41) is 50.1. The number of esters is 2. The molecule has 6 unspecified atom stereocenters. The van der Waals surface area contributed by atoms with E-state index >= 15 is 0 Å². The molecule has 1 saturated carbocycles. The molecule has 0 bridgehead atoms. The maximum absolute atomic E-state index is 12.8. The highest BCUT2D eigenvalue weighted by molar-refractivity contribution is 7.47. The molecular weight excluding hydrogens is 815 g/mol. The molecule has 62 heavy (non-hydrogen) atoms. The zero-order chi connectivity index (χ0) is 45.7. The molecule has 1 rings (SSSR count). The summed E-state index contributed by atoms with van der Waals surface area (Å²) in [7, 11) is -5.13. The van der Waals surface area contributed by atoms with Gasteiger partial charge in [-0.15, -0.1) is 0 Å². The van der Waals surface area contributed by atoms with Crippen molar-refractivity contribution in [1.29, 1.82) is 0 Å². The molecule has 356 valence electrons. The second-order valence-corrected chi connectivity index (χ2v) is 17.3. The quantitative estimate of drug-likeness (QED) is 0.0149. The Bertz CT molecular complexity index is 1360. The summed E-state index contributed by atoms with van der Waals surface area (Å²) in [6.45, 7) is 3.13. The minimum atomic E-state index is -5.13. The van der Waals surface area contributed by atoms with E-state index in [2.05, 4.69) is 86.8 Å². The lowest BCUT2D eigenvalue weighted by molar-refractivity contribution is -0.220. The van der Waals surface area contributed by atoms with E-state index in [-0.39, 0.29) is 12.8 Å². The molecular formula is C48H81O13P. The van der Waals surface area contributed by atoms with E-state index in [1.807, 2.05) is 0 Å². The number of hydrogen-bond acceptors (Lipinski definition) is 12. The number of hydrogen-bond donors (Lipinski definition) is 6. The second kappa shape index (κ2) is 37.6. The fourth-order valence-corrected chi connectivity index (χ4v) is 7.51. The van der Waals surface area contributed by atoms with Crippen LogP contribution >= 0.6 is 7.82 Å². The number of unbranched alkanes of at least 4 members (excludes halogenated alkanes) is 13. The van der Waals surface area contributed by atoms with Gasteiger partial charge < -0.3 is 39.9 Å². The fourth-order valence-electron chi connectivity index (χ4n) is 6.54. The smallest absolute Gasteiger partial charge is 0.462 e. The van der Waals surface area contributed by atoms with Crippen molar-refractivity contribution < 1.29 is 63.1 Å². The molecule has 1 aliphatic rings. The minimum absolute atomic E-state index is 0.0524. The minimum Gasteiger partial charge on any atom is -0.462 e. The molecule has 1 aliphatic carbocycles. The predicted octanol–water partition coefficient (Wildman–Crippen LogP) is 9.11. The summed E-state index contributed by atoms with van der Waals surface area (Å²) >= 11 is 0. The Labute approximate surface area is 372 Å². The van der Waals surface area contributed by atoms with E-state index in [0.29, 0.717) is 12.8 Å². The van der Waals surface area contributed by atoms with Crippen LogP contribution in [0, 0.1) is 0 Å². The van der Waals surface area contributed by atoms with Gasteiger partial charge in [0.25, 0.3) is 0 Å². The monoisotopic (exact) mass is 897 g/mol. The molecule has 8 atom stereocenters. The molecule has 0 aromatic heterocycles. The summed E-state index contributed by atoms with van der Waals surface area (Å²) in [6, 6.07) is 0. The highest BCUT2D eigenvalue weighted by atomic mass is 31.2. The van der Waals surface area contributed by atoms with Gasteiger partial charge in [-0.3, -0.25) is 18.6 Å². The van der Waals surface area contributed by atoms with E-state index < -0.39 is 75.7 Å². The first kappa shape index (κ1) is 57.3. The van der Waals surface area contributed by atoms with Crippen LogP contribution in [-0.2, 0) is 32.7 Å². The molecule has 0 spiro atoms. The number of aliphatic hydroxyl groups excluding tert-OH is 5. The van der Waals surface area contributed by atoms with Crippen molar-refractivity contribution in [1.82, 2.24) is 0 Å². The molecule has 0 radical (unpaired) electrons. The number of ether oxygens (including phenoxy) is 2. The third-order valence-electron chi connectivity index (χ3n) is 10.3. The van der Waals surface area contributed by atoms with Gasteiger partial charge in [-0.05, 0) is 83.5 Å². The van der Waals surface area contributed by atoms with Crippen molar-refractivity contribution in [2.45, 2.75) is 204 Å². The number of phosphoric ester groups is 1. The van der Waals surface area contributed by atoms with Crippen LogP contribution in [0.3, 0.4) is 0 Å². The molecule has 0 heterocycles. The summed E-state index contributed by atoms with van der Waals surface area (Å²) in [6.07, 6.45) is 33.8. The van der Waals surface area contributed by atoms with Crippen molar-refractivity contribution in [2.24, 2.45) is 0 Å². The number of aliphatic hydroxyl groups is 5. The molecule has 14 heteroatoms. The molecule has 0 saturated heterocycles. The lowest BCUT2D eigenvalue weighted by Crippen LogP contribution is -2.64. The van der Waals surface area contributed by atoms with Gasteiger partial charge in [0.1, 0.15) is 43.2 Å². The fraction of sp³-hybridized carbons (Fsp3) is 0.708. The lowest BCUT2D eigenvalue weighted by Gasteiger charge is -2.41. The van der Waals surface area contributed by atoms with Crippen molar-refractivity contribution in [3.8, 4) is 0 Å². The van der Waals surface area contributed by atoms with Crippen LogP contribution in [0.25, 0.3) is 0 Å². The molecule has 6 N–H and O–H groups in total. The summed E-state index contributed by atoms with van der Waals surface area (Å²) < 4.78 is 33.5. The normalized spacial score (nSPS) is 22.5. The molecule has 0 aromatic carbocycles. The third kappa shape index (κ3) is 29.6. The van der Waals surface area contributed by atoms with E-state index in [1.54, 1.807) is 0 Å². The number of phosphoric acid groups is 1. The summed E-state index contributed by atoms with van der Waals surface area (Å²) in [5.74, 6) is -1.15. The van der Waals surface area contributed by atoms with Crippen LogP contribution in [0.1, 0.15) is 162 Å². The van der Waals surface area contributed by atoms with Crippen LogP contribution in [0.15, 0.2) is 72.9 Å². The SMILES string of the molecule is CC/C=C/C/C=C/C/C=C/C/C=C/C/C=C/CCCCCC(=O)O[C@H](COC(=O)CCCCCCC/C=C/CCCCCCC)COP(=O)(O)OC1C(O)C(O)C(O)[C@H](O)C1O. The van der Waals surface area contributed by atoms with Crippen LogP contribution in [0.2, 0.25) is 0 Å². The third-order valence-corrected chi connectivity index (χ3v) is 11.3. The average Bonchev–Trinajstić information content (AvgIpc) is 3.25. The van der Waals surface area contributed by atoms with E-state index in [9.17, 15) is 44.6 Å². The number of allylic oxidation sites excluding steroid dienone is 12. The first-order valence-electron chi connectivity index (χ1n) is 23.2. The topological polar surface area (TPSA) is 210 Å². The summed E-state index contributed by atoms with van der Waals surface area (Å²) in [4.78, 5) is 35.7. The van der Waals surface area contributed by atoms with Gasteiger partial charge in [0.05, 0.1) is 6.61 Å². The van der Waals surface area contributed by atoms with E-state index in [0.717, 1.165) is 89.9 Å². The zero-order valence-electron chi connectivity index (χ0n) is 37.6. The maximum atomic E-state index is 12.8. The molecule has 0 amide bonds. The van der Waals surface area contributed by atoms with Crippen molar-refractivity contribution >= 4 is 19.8 Å². The number of carbonyl (C=O) groups is 2. The van der Waals surface area contributed by atoms with E-state index in [4.69, 9.17) is 18.5 Å².